The van der Waals surface area contributed by atoms with Crippen LogP contribution < -0.4 is 0 Å². The van der Waals surface area contributed by atoms with Gasteiger partial charge in [0.05, 0.1) is 19.8 Å². The molecule has 1 heterocycles. The molecule has 2 aromatic rings. The van der Waals surface area contributed by atoms with Crippen LogP contribution in [0.3, 0.4) is 0 Å². The van der Waals surface area contributed by atoms with Crippen LogP contribution in [0, 0.1) is 0 Å². The van der Waals surface area contributed by atoms with Gasteiger partial charge in [0.25, 0.3) is 5.91 Å². The summed E-state index contributed by atoms with van der Waals surface area (Å²) in [4.78, 5) is 30.4. The number of hydrogen-bond donors (Lipinski definition) is 0. The minimum atomic E-state index is -0.451. The molecule has 0 N–H and O–H groups in total. The summed E-state index contributed by atoms with van der Waals surface area (Å²) in [6.07, 6.45) is 0. The lowest BCUT2D eigenvalue weighted by molar-refractivity contribution is 0.0520. The fourth-order valence-corrected chi connectivity index (χ4v) is 3.12. The molecule has 0 aliphatic heterocycles. The summed E-state index contributed by atoms with van der Waals surface area (Å²) in [5.41, 5.74) is 0.853. The van der Waals surface area contributed by atoms with Crippen molar-refractivity contribution in [2.45, 2.75) is 13.5 Å². The van der Waals surface area contributed by atoms with E-state index in [0.717, 1.165) is 4.47 Å². The van der Waals surface area contributed by atoms with Crippen LogP contribution in [0.2, 0.25) is 0 Å². The predicted molar refractivity (Wildman–Crippen MR) is 98.8 cm³/mol. The molecule has 0 aliphatic carbocycles. The number of methoxy groups -OCH3 is 1. The number of rotatable bonds is 8. The summed E-state index contributed by atoms with van der Waals surface area (Å²) in [7, 11) is 1.59. The molecular weight excluding hydrogens is 408 g/mol. The van der Waals surface area contributed by atoms with E-state index in [1.165, 1.54) is 11.3 Å². The Morgan fingerprint density at radius 2 is 2.00 bits per heavy atom. The fraction of sp³-hybridized carbons (Fsp3) is 0.353. The van der Waals surface area contributed by atoms with Gasteiger partial charge in [0.1, 0.15) is 5.01 Å². The van der Waals surface area contributed by atoms with Crippen molar-refractivity contribution in [2.24, 2.45) is 0 Å². The van der Waals surface area contributed by atoms with Crippen molar-refractivity contribution in [3.8, 4) is 0 Å². The molecule has 0 atom stereocenters. The SMILES string of the molecule is CCOC(=O)c1csc(CN(CCOC)C(=O)c2ccc(Br)cc2)n1. The van der Waals surface area contributed by atoms with E-state index in [1.807, 2.05) is 12.1 Å². The molecule has 0 fully saturated rings. The van der Waals surface area contributed by atoms with E-state index in [1.54, 1.807) is 36.4 Å². The zero-order chi connectivity index (χ0) is 18.2. The molecule has 1 aromatic heterocycles. The largest absolute Gasteiger partial charge is 0.461 e. The fourth-order valence-electron chi connectivity index (χ4n) is 2.07. The van der Waals surface area contributed by atoms with Gasteiger partial charge < -0.3 is 14.4 Å². The highest BCUT2D eigenvalue weighted by atomic mass is 79.9. The van der Waals surface area contributed by atoms with Crippen molar-refractivity contribution in [1.82, 2.24) is 9.88 Å². The molecule has 6 nitrogen and oxygen atoms in total. The first kappa shape index (κ1) is 19.6. The molecule has 0 spiro atoms. The topological polar surface area (TPSA) is 68.7 Å². The van der Waals surface area contributed by atoms with Crippen molar-refractivity contribution in [1.29, 1.82) is 0 Å². The molecule has 25 heavy (non-hydrogen) atoms. The van der Waals surface area contributed by atoms with Crippen molar-refractivity contribution >= 4 is 39.1 Å². The molecule has 2 rings (SSSR count). The van der Waals surface area contributed by atoms with Crippen LogP contribution in [0.5, 0.6) is 0 Å². The maximum absolute atomic E-state index is 12.7. The van der Waals surface area contributed by atoms with Gasteiger partial charge in [-0.3, -0.25) is 4.79 Å². The zero-order valence-electron chi connectivity index (χ0n) is 14.0. The third kappa shape index (κ3) is 5.62. The van der Waals surface area contributed by atoms with E-state index in [0.29, 0.717) is 36.9 Å². The van der Waals surface area contributed by atoms with Crippen LogP contribution in [0.25, 0.3) is 0 Å². The minimum absolute atomic E-state index is 0.113. The average molecular weight is 427 g/mol. The van der Waals surface area contributed by atoms with E-state index in [4.69, 9.17) is 9.47 Å². The van der Waals surface area contributed by atoms with Crippen LogP contribution in [-0.2, 0) is 16.0 Å². The molecule has 8 heteroatoms. The smallest absolute Gasteiger partial charge is 0.357 e. The molecule has 0 saturated heterocycles. The lowest BCUT2D eigenvalue weighted by Gasteiger charge is -2.21. The maximum Gasteiger partial charge on any atom is 0.357 e. The van der Waals surface area contributed by atoms with Crippen molar-refractivity contribution < 1.29 is 19.1 Å². The number of nitrogens with zero attached hydrogens (tertiary/aromatic N) is 2. The number of hydrogen-bond acceptors (Lipinski definition) is 6. The number of carbonyl (C=O) groups excluding carboxylic acids is 2. The van der Waals surface area contributed by atoms with Gasteiger partial charge in [0, 0.05) is 29.1 Å². The highest BCUT2D eigenvalue weighted by Crippen LogP contribution is 2.17. The molecule has 0 bridgehead atoms. The lowest BCUT2D eigenvalue weighted by Crippen LogP contribution is -2.33. The Bertz CT molecular complexity index is 718. The van der Waals surface area contributed by atoms with Gasteiger partial charge in [0.15, 0.2) is 5.69 Å². The lowest BCUT2D eigenvalue weighted by atomic mass is 10.2. The van der Waals surface area contributed by atoms with E-state index in [2.05, 4.69) is 20.9 Å². The Morgan fingerprint density at radius 3 is 2.64 bits per heavy atom. The van der Waals surface area contributed by atoms with Gasteiger partial charge in [0.2, 0.25) is 0 Å². The van der Waals surface area contributed by atoms with E-state index >= 15 is 0 Å². The second-order valence-electron chi connectivity index (χ2n) is 5.07. The summed E-state index contributed by atoms with van der Waals surface area (Å²) in [6, 6.07) is 7.17. The van der Waals surface area contributed by atoms with Gasteiger partial charge in [-0.15, -0.1) is 11.3 Å². The number of thiazole rings is 1. The first-order valence-corrected chi connectivity index (χ1v) is 9.37. The normalized spacial score (nSPS) is 10.5. The Labute approximate surface area is 158 Å². The Morgan fingerprint density at radius 1 is 1.28 bits per heavy atom. The Hall–Kier alpha value is -1.77. The van der Waals surface area contributed by atoms with Crippen LogP contribution >= 0.6 is 27.3 Å². The molecule has 134 valence electrons. The van der Waals surface area contributed by atoms with E-state index in [9.17, 15) is 9.59 Å². The number of esters is 1. The summed E-state index contributed by atoms with van der Waals surface area (Å²) in [5, 5.41) is 2.32. The Kier molecular flexibility index (Phi) is 7.54. The van der Waals surface area contributed by atoms with E-state index < -0.39 is 5.97 Å². The standard InChI is InChI=1S/C17H19BrN2O4S/c1-3-24-17(22)14-11-25-15(19-14)10-20(8-9-23-2)16(21)12-4-6-13(18)7-5-12/h4-7,11H,3,8-10H2,1-2H3. The Balaban J connectivity index is 2.13. The van der Waals surface area contributed by atoms with E-state index in [-0.39, 0.29) is 11.6 Å². The third-order valence-electron chi connectivity index (χ3n) is 3.31. The summed E-state index contributed by atoms with van der Waals surface area (Å²) < 4.78 is 10.9. The van der Waals surface area contributed by atoms with Gasteiger partial charge >= 0.3 is 5.97 Å². The van der Waals surface area contributed by atoms with Crippen molar-refractivity contribution in [3.05, 3.63) is 50.4 Å². The van der Waals surface area contributed by atoms with Gasteiger partial charge in [-0.1, -0.05) is 15.9 Å². The molecule has 0 aliphatic rings. The number of benzene rings is 1. The first-order valence-electron chi connectivity index (χ1n) is 7.70. The molecule has 0 unspecified atom stereocenters. The zero-order valence-corrected chi connectivity index (χ0v) is 16.4. The molecule has 1 aromatic carbocycles. The number of ether oxygens (including phenoxy) is 2. The van der Waals surface area contributed by atoms with Gasteiger partial charge in [-0.2, -0.15) is 0 Å². The van der Waals surface area contributed by atoms with Crippen LogP contribution in [0.1, 0.15) is 32.8 Å². The van der Waals surface area contributed by atoms with Gasteiger partial charge in [-0.25, -0.2) is 9.78 Å². The number of carbonyl (C=O) groups is 2. The van der Waals surface area contributed by atoms with Gasteiger partial charge in [-0.05, 0) is 31.2 Å². The van der Waals surface area contributed by atoms with Crippen LogP contribution in [-0.4, -0.2) is 48.6 Å². The average Bonchev–Trinajstić information content (AvgIpc) is 3.07. The molecule has 0 radical (unpaired) electrons. The minimum Gasteiger partial charge on any atom is -0.461 e. The highest BCUT2D eigenvalue weighted by Gasteiger charge is 2.19. The monoisotopic (exact) mass is 426 g/mol. The number of aromatic nitrogens is 1. The second kappa shape index (κ2) is 9.65. The first-order chi connectivity index (χ1) is 12.0. The van der Waals surface area contributed by atoms with Crippen molar-refractivity contribution in [3.63, 3.8) is 0 Å². The summed E-state index contributed by atoms with van der Waals surface area (Å²) in [5.74, 6) is -0.565. The maximum atomic E-state index is 12.7. The van der Waals surface area contributed by atoms with Crippen LogP contribution in [0.15, 0.2) is 34.1 Å². The molecular formula is C17H19BrN2O4S. The number of amides is 1. The van der Waals surface area contributed by atoms with Crippen LogP contribution in [0.4, 0.5) is 0 Å². The second-order valence-corrected chi connectivity index (χ2v) is 6.93. The third-order valence-corrected chi connectivity index (χ3v) is 4.67. The molecule has 1 amide bonds. The van der Waals surface area contributed by atoms with Crippen molar-refractivity contribution in [2.75, 3.05) is 26.9 Å². The highest BCUT2D eigenvalue weighted by molar-refractivity contribution is 9.10. The summed E-state index contributed by atoms with van der Waals surface area (Å²) >= 11 is 4.69. The quantitative estimate of drug-likeness (QED) is 0.605. The summed E-state index contributed by atoms with van der Waals surface area (Å²) in [6.45, 7) is 3.20. The number of halogens is 1. The predicted octanol–water partition coefficient (Wildman–Crippen LogP) is 3.37. The molecule has 0 saturated carbocycles.